The average molecular weight is 278 g/mol. The van der Waals surface area contributed by atoms with Crippen LogP contribution in [0.25, 0.3) is 0 Å². The number of nitrogens with one attached hydrogen (secondary N) is 2. The van der Waals surface area contributed by atoms with Crippen LogP contribution in [0.4, 0.5) is 4.79 Å². The number of carbonyl (C=O) groups is 2. The Morgan fingerprint density at radius 2 is 2.25 bits per heavy atom. The molecule has 0 saturated heterocycles. The van der Waals surface area contributed by atoms with E-state index in [9.17, 15) is 9.59 Å². The fourth-order valence-corrected chi connectivity index (χ4v) is 1.97. The van der Waals surface area contributed by atoms with Crippen LogP contribution in [0.2, 0.25) is 0 Å². The highest BCUT2D eigenvalue weighted by Crippen LogP contribution is 2.27. The number of carbonyl (C=O) groups excluding carboxylic acids is 2. The van der Waals surface area contributed by atoms with Crippen LogP contribution in [-0.2, 0) is 9.53 Å². The Labute approximate surface area is 117 Å². The quantitative estimate of drug-likeness (QED) is 0.826. The van der Waals surface area contributed by atoms with Gasteiger partial charge in [0.1, 0.15) is 0 Å². The summed E-state index contributed by atoms with van der Waals surface area (Å²) in [6.07, 6.45) is 3.00. The Hall–Kier alpha value is -2.24. The molecule has 0 spiro atoms. The Kier molecular flexibility index (Phi) is 4.12. The molecule has 0 saturated carbocycles. The first-order chi connectivity index (χ1) is 9.49. The van der Waals surface area contributed by atoms with Gasteiger partial charge in [0, 0.05) is 11.3 Å². The first-order valence-electron chi connectivity index (χ1n) is 6.46. The van der Waals surface area contributed by atoms with Crippen molar-refractivity contribution < 1.29 is 18.7 Å². The number of furan rings is 1. The van der Waals surface area contributed by atoms with Crippen molar-refractivity contribution in [2.75, 3.05) is 6.61 Å². The van der Waals surface area contributed by atoms with Gasteiger partial charge >= 0.3 is 12.0 Å². The van der Waals surface area contributed by atoms with Gasteiger partial charge in [0.15, 0.2) is 0 Å². The molecular formula is C14H18N2O4. The fraction of sp³-hybridized carbons (Fsp3) is 0.429. The summed E-state index contributed by atoms with van der Waals surface area (Å²) in [5.74, 6) is -0.187. The van der Waals surface area contributed by atoms with Gasteiger partial charge in [-0.05, 0) is 18.9 Å². The third-order valence-corrected chi connectivity index (χ3v) is 2.91. The van der Waals surface area contributed by atoms with Crippen molar-refractivity contribution in [3.8, 4) is 0 Å². The molecule has 0 radical (unpaired) electrons. The molecule has 1 unspecified atom stereocenters. The molecule has 2 rings (SSSR count). The Balaban J connectivity index is 2.27. The van der Waals surface area contributed by atoms with Gasteiger partial charge < -0.3 is 19.8 Å². The Morgan fingerprint density at radius 3 is 2.85 bits per heavy atom. The third-order valence-electron chi connectivity index (χ3n) is 2.91. The summed E-state index contributed by atoms with van der Waals surface area (Å²) in [5.41, 5.74) is 1.59. The number of esters is 1. The van der Waals surface area contributed by atoms with Crippen molar-refractivity contribution in [3.63, 3.8) is 0 Å². The molecule has 1 aliphatic rings. The van der Waals surface area contributed by atoms with Gasteiger partial charge in [-0.3, -0.25) is 0 Å². The Bertz CT molecular complexity index is 531. The number of hydrogen-bond donors (Lipinski definition) is 2. The molecule has 0 aromatic carbocycles. The molecule has 1 atom stereocenters. The van der Waals surface area contributed by atoms with Crippen LogP contribution < -0.4 is 10.6 Å². The van der Waals surface area contributed by atoms with Gasteiger partial charge in [0.2, 0.25) is 0 Å². The van der Waals surface area contributed by atoms with Crippen molar-refractivity contribution in [2.24, 2.45) is 5.92 Å². The Morgan fingerprint density at radius 1 is 1.50 bits per heavy atom. The summed E-state index contributed by atoms with van der Waals surface area (Å²) in [6.45, 7) is 5.94. The molecule has 108 valence electrons. The van der Waals surface area contributed by atoms with Crippen molar-refractivity contribution in [3.05, 3.63) is 35.4 Å². The monoisotopic (exact) mass is 278 g/mol. The zero-order valence-corrected chi connectivity index (χ0v) is 11.7. The molecule has 0 aliphatic carbocycles. The van der Waals surface area contributed by atoms with Crippen LogP contribution in [0, 0.1) is 5.92 Å². The molecular weight excluding hydrogens is 260 g/mol. The normalized spacial score (nSPS) is 18.8. The van der Waals surface area contributed by atoms with Crippen molar-refractivity contribution in [1.82, 2.24) is 10.6 Å². The van der Waals surface area contributed by atoms with Crippen molar-refractivity contribution >= 4 is 12.0 Å². The number of rotatable bonds is 4. The number of ether oxygens (including phenoxy) is 1. The molecule has 6 nitrogen and oxygen atoms in total. The second kappa shape index (κ2) is 5.81. The molecule has 2 amide bonds. The van der Waals surface area contributed by atoms with Gasteiger partial charge in [-0.1, -0.05) is 13.8 Å². The lowest BCUT2D eigenvalue weighted by molar-refractivity contribution is -0.140. The highest BCUT2D eigenvalue weighted by Gasteiger charge is 2.32. The van der Waals surface area contributed by atoms with Crippen LogP contribution in [0.5, 0.6) is 0 Å². The van der Waals surface area contributed by atoms with E-state index in [2.05, 4.69) is 10.6 Å². The molecule has 20 heavy (non-hydrogen) atoms. The minimum Gasteiger partial charge on any atom is -0.472 e. The van der Waals surface area contributed by atoms with E-state index in [4.69, 9.17) is 9.15 Å². The van der Waals surface area contributed by atoms with E-state index in [0.29, 0.717) is 23.4 Å². The fourth-order valence-electron chi connectivity index (χ4n) is 1.97. The predicted octanol–water partition coefficient (Wildman–Crippen LogP) is 2.11. The van der Waals surface area contributed by atoms with Crippen molar-refractivity contribution in [1.29, 1.82) is 0 Å². The largest absolute Gasteiger partial charge is 0.472 e. The van der Waals surface area contributed by atoms with Crippen LogP contribution in [-0.4, -0.2) is 18.6 Å². The SMILES string of the molecule is CC1=C(C(=O)OCC(C)C)C(c2ccoc2)NC(=O)N1. The maximum absolute atomic E-state index is 12.2. The van der Waals surface area contributed by atoms with Crippen LogP contribution in [0.15, 0.2) is 34.3 Å². The first kappa shape index (κ1) is 14.2. The van der Waals surface area contributed by atoms with Crippen molar-refractivity contribution in [2.45, 2.75) is 26.8 Å². The van der Waals surface area contributed by atoms with Gasteiger partial charge in [-0.2, -0.15) is 0 Å². The molecule has 2 N–H and O–H groups in total. The van der Waals surface area contributed by atoms with Gasteiger partial charge in [0.25, 0.3) is 0 Å². The molecule has 1 aliphatic heterocycles. The maximum atomic E-state index is 12.2. The lowest BCUT2D eigenvalue weighted by Gasteiger charge is -2.27. The van der Waals surface area contributed by atoms with E-state index in [1.807, 2.05) is 13.8 Å². The maximum Gasteiger partial charge on any atom is 0.338 e. The minimum atomic E-state index is -0.554. The standard InChI is InChI=1S/C14H18N2O4/c1-8(2)6-20-13(17)11-9(3)15-14(18)16-12(11)10-4-5-19-7-10/h4-5,7-8,12H,6H2,1-3H3,(H2,15,16,18). The predicted molar refractivity (Wildman–Crippen MR) is 71.6 cm³/mol. The molecule has 1 aromatic heterocycles. The van der Waals surface area contributed by atoms with Crippen LogP contribution in [0.3, 0.4) is 0 Å². The van der Waals surface area contributed by atoms with Gasteiger partial charge in [-0.15, -0.1) is 0 Å². The van der Waals surface area contributed by atoms with E-state index >= 15 is 0 Å². The summed E-state index contributed by atoms with van der Waals surface area (Å²) < 4.78 is 10.3. The molecule has 0 bridgehead atoms. The van der Waals surface area contributed by atoms with E-state index < -0.39 is 12.0 Å². The lowest BCUT2D eigenvalue weighted by atomic mass is 9.98. The van der Waals surface area contributed by atoms with E-state index in [1.54, 1.807) is 13.0 Å². The number of allylic oxidation sites excluding steroid dienone is 1. The highest BCUT2D eigenvalue weighted by molar-refractivity contribution is 5.94. The summed E-state index contributed by atoms with van der Waals surface area (Å²) >= 11 is 0. The number of amides is 2. The summed E-state index contributed by atoms with van der Waals surface area (Å²) in [7, 11) is 0. The van der Waals surface area contributed by atoms with E-state index in [-0.39, 0.29) is 11.9 Å². The van der Waals surface area contributed by atoms with Crippen LogP contribution in [0.1, 0.15) is 32.4 Å². The molecule has 2 heterocycles. The highest BCUT2D eigenvalue weighted by atomic mass is 16.5. The van der Waals surface area contributed by atoms with Gasteiger partial charge in [0.05, 0.1) is 30.7 Å². The summed E-state index contributed by atoms with van der Waals surface area (Å²) in [4.78, 5) is 23.8. The third kappa shape index (κ3) is 3.01. The lowest BCUT2D eigenvalue weighted by Crippen LogP contribution is -2.45. The topological polar surface area (TPSA) is 80.6 Å². The first-order valence-corrected chi connectivity index (χ1v) is 6.46. The zero-order valence-electron chi connectivity index (χ0n) is 11.7. The molecule has 1 aromatic rings. The smallest absolute Gasteiger partial charge is 0.338 e. The van der Waals surface area contributed by atoms with Gasteiger partial charge in [-0.25, -0.2) is 9.59 Å². The summed E-state index contributed by atoms with van der Waals surface area (Å²) in [6, 6.07) is 0.801. The molecule has 6 heteroatoms. The van der Waals surface area contributed by atoms with Crippen LogP contribution >= 0.6 is 0 Å². The average Bonchev–Trinajstić information content (AvgIpc) is 2.88. The number of hydrogen-bond acceptors (Lipinski definition) is 4. The van der Waals surface area contributed by atoms with E-state index in [1.165, 1.54) is 12.5 Å². The summed E-state index contributed by atoms with van der Waals surface area (Å²) in [5, 5.41) is 5.29. The number of urea groups is 1. The van der Waals surface area contributed by atoms with E-state index in [0.717, 1.165) is 0 Å². The second-order valence-electron chi connectivity index (χ2n) is 5.12. The molecule has 0 fully saturated rings. The minimum absolute atomic E-state index is 0.248. The zero-order chi connectivity index (χ0) is 14.7. The second-order valence-corrected chi connectivity index (χ2v) is 5.12.